The zero-order chi connectivity index (χ0) is 15.0. The van der Waals surface area contributed by atoms with Crippen LogP contribution in [0.4, 0.5) is 0 Å². The van der Waals surface area contributed by atoms with E-state index in [0.29, 0.717) is 24.4 Å². The number of carbonyl (C=O) groups is 2. The quantitative estimate of drug-likeness (QED) is 0.851. The van der Waals surface area contributed by atoms with E-state index in [1.807, 2.05) is 0 Å². The first-order valence-electron chi connectivity index (χ1n) is 8.63. The molecule has 5 atom stereocenters. The van der Waals surface area contributed by atoms with E-state index in [1.165, 1.54) is 19.3 Å². The number of carbonyl (C=O) groups excluding carboxylic acids is 1. The Labute approximate surface area is 126 Å². The molecule has 2 saturated carbocycles. The van der Waals surface area contributed by atoms with E-state index in [4.69, 9.17) is 0 Å². The van der Waals surface area contributed by atoms with Crippen molar-refractivity contribution in [1.82, 2.24) is 4.90 Å². The van der Waals surface area contributed by atoms with Crippen LogP contribution in [0.5, 0.6) is 0 Å². The maximum Gasteiger partial charge on any atom is 0.306 e. The smallest absolute Gasteiger partial charge is 0.306 e. The molecule has 2 aliphatic carbocycles. The fraction of sp³-hybridized carbons (Fsp3) is 0.882. The number of carboxylic acids is 1. The van der Waals surface area contributed by atoms with Crippen LogP contribution < -0.4 is 0 Å². The molecule has 0 radical (unpaired) electrons. The lowest BCUT2D eigenvalue weighted by Gasteiger charge is -2.37. The molecule has 21 heavy (non-hydrogen) atoms. The standard InChI is InChI=1S/C17H27NO3/c1-11-9-12-5-2-3-8-15(12)18(11)16(19)13-6-4-7-14(10-13)17(20)21/h11-15H,2-10H2,1H3,(H,20,21). The number of amides is 1. The fourth-order valence-electron chi connectivity index (χ4n) is 4.94. The third kappa shape index (κ3) is 2.82. The number of carboxylic acid groups (broad SMARTS) is 1. The SMILES string of the molecule is CC1CC2CCCCC2N1C(=O)C1CCCC(C(=O)O)C1. The molecule has 4 heteroatoms. The summed E-state index contributed by atoms with van der Waals surface area (Å²) < 4.78 is 0. The largest absolute Gasteiger partial charge is 0.481 e. The Morgan fingerprint density at radius 2 is 1.67 bits per heavy atom. The van der Waals surface area contributed by atoms with Crippen molar-refractivity contribution in [2.45, 2.75) is 76.8 Å². The van der Waals surface area contributed by atoms with Gasteiger partial charge in [-0.1, -0.05) is 19.3 Å². The van der Waals surface area contributed by atoms with Crippen LogP contribution in [-0.2, 0) is 9.59 Å². The lowest BCUT2D eigenvalue weighted by Crippen LogP contribution is -2.46. The highest BCUT2D eigenvalue weighted by Gasteiger charge is 2.45. The number of hydrogen-bond acceptors (Lipinski definition) is 2. The molecule has 3 aliphatic rings. The van der Waals surface area contributed by atoms with Crippen molar-refractivity contribution < 1.29 is 14.7 Å². The van der Waals surface area contributed by atoms with Crippen LogP contribution in [0.2, 0.25) is 0 Å². The number of nitrogens with zero attached hydrogens (tertiary/aromatic N) is 1. The van der Waals surface area contributed by atoms with Crippen molar-refractivity contribution >= 4 is 11.9 Å². The molecular formula is C17H27NO3. The second-order valence-corrected chi connectivity index (χ2v) is 7.34. The summed E-state index contributed by atoms with van der Waals surface area (Å²) in [5.41, 5.74) is 0. The van der Waals surface area contributed by atoms with Gasteiger partial charge in [-0.3, -0.25) is 9.59 Å². The van der Waals surface area contributed by atoms with E-state index in [0.717, 1.165) is 32.1 Å². The lowest BCUT2D eigenvalue weighted by atomic mass is 9.80. The topological polar surface area (TPSA) is 57.6 Å². The molecule has 0 aromatic carbocycles. The normalized spacial score (nSPS) is 39.9. The molecule has 0 aromatic rings. The van der Waals surface area contributed by atoms with E-state index >= 15 is 0 Å². The predicted octanol–water partition coefficient (Wildman–Crippen LogP) is 3.06. The molecular weight excluding hydrogens is 266 g/mol. The maximum absolute atomic E-state index is 13.0. The Morgan fingerprint density at radius 1 is 0.952 bits per heavy atom. The Bertz CT molecular complexity index is 422. The van der Waals surface area contributed by atoms with E-state index in [1.54, 1.807) is 0 Å². The average Bonchev–Trinajstić information content (AvgIpc) is 2.82. The van der Waals surface area contributed by atoms with Crippen molar-refractivity contribution in [3.05, 3.63) is 0 Å². The summed E-state index contributed by atoms with van der Waals surface area (Å²) in [5.74, 6) is -0.146. The molecule has 118 valence electrons. The van der Waals surface area contributed by atoms with Crippen molar-refractivity contribution in [2.75, 3.05) is 0 Å². The number of aliphatic carboxylic acids is 1. The van der Waals surface area contributed by atoms with Crippen molar-refractivity contribution in [2.24, 2.45) is 17.8 Å². The van der Waals surface area contributed by atoms with Gasteiger partial charge >= 0.3 is 5.97 Å². The Balaban J connectivity index is 1.70. The minimum atomic E-state index is -0.725. The van der Waals surface area contributed by atoms with Crippen molar-refractivity contribution in [3.63, 3.8) is 0 Å². The van der Waals surface area contributed by atoms with Gasteiger partial charge in [0, 0.05) is 18.0 Å². The first-order chi connectivity index (χ1) is 10.1. The summed E-state index contributed by atoms with van der Waals surface area (Å²) >= 11 is 0. The molecule has 4 nitrogen and oxygen atoms in total. The van der Waals surface area contributed by atoms with Gasteiger partial charge in [0.25, 0.3) is 0 Å². The van der Waals surface area contributed by atoms with E-state index in [2.05, 4.69) is 11.8 Å². The molecule has 1 N–H and O–H groups in total. The Morgan fingerprint density at radius 3 is 2.43 bits per heavy atom. The second kappa shape index (κ2) is 5.98. The van der Waals surface area contributed by atoms with E-state index < -0.39 is 5.97 Å². The minimum Gasteiger partial charge on any atom is -0.481 e. The molecule has 0 bridgehead atoms. The zero-order valence-electron chi connectivity index (χ0n) is 13.0. The summed E-state index contributed by atoms with van der Waals surface area (Å²) in [6.07, 6.45) is 9.14. The van der Waals surface area contributed by atoms with Gasteiger partial charge in [-0.15, -0.1) is 0 Å². The van der Waals surface area contributed by atoms with Crippen molar-refractivity contribution in [1.29, 1.82) is 0 Å². The van der Waals surface area contributed by atoms with Gasteiger partial charge in [0.05, 0.1) is 5.92 Å². The zero-order valence-corrected chi connectivity index (χ0v) is 13.0. The van der Waals surface area contributed by atoms with Gasteiger partial charge in [-0.2, -0.15) is 0 Å². The summed E-state index contributed by atoms with van der Waals surface area (Å²) in [5, 5.41) is 9.22. The number of hydrogen-bond donors (Lipinski definition) is 1. The second-order valence-electron chi connectivity index (χ2n) is 7.34. The minimum absolute atomic E-state index is 0.0528. The summed E-state index contributed by atoms with van der Waals surface area (Å²) in [4.78, 5) is 26.3. The predicted molar refractivity (Wildman–Crippen MR) is 79.8 cm³/mol. The number of rotatable bonds is 2. The Hall–Kier alpha value is -1.06. The van der Waals surface area contributed by atoms with Gasteiger partial charge in [0.15, 0.2) is 0 Å². The molecule has 0 spiro atoms. The maximum atomic E-state index is 13.0. The third-order valence-corrected chi connectivity index (χ3v) is 5.97. The van der Waals surface area contributed by atoms with Crippen LogP contribution in [0.3, 0.4) is 0 Å². The summed E-state index contributed by atoms with van der Waals surface area (Å²) in [6.45, 7) is 2.17. The highest BCUT2D eigenvalue weighted by molar-refractivity contribution is 5.81. The molecule has 1 saturated heterocycles. The highest BCUT2D eigenvalue weighted by atomic mass is 16.4. The van der Waals surface area contributed by atoms with Crippen LogP contribution in [0.15, 0.2) is 0 Å². The van der Waals surface area contributed by atoms with Gasteiger partial charge < -0.3 is 10.0 Å². The van der Waals surface area contributed by atoms with Gasteiger partial charge in [-0.25, -0.2) is 0 Å². The van der Waals surface area contributed by atoms with Crippen LogP contribution in [0.25, 0.3) is 0 Å². The van der Waals surface area contributed by atoms with E-state index in [-0.39, 0.29) is 17.7 Å². The van der Waals surface area contributed by atoms with E-state index in [9.17, 15) is 14.7 Å². The first-order valence-corrected chi connectivity index (χ1v) is 8.63. The Kier molecular flexibility index (Phi) is 4.23. The molecule has 3 fully saturated rings. The number of fused-ring (bicyclic) bond motifs is 1. The third-order valence-electron chi connectivity index (χ3n) is 5.97. The first kappa shape index (κ1) is 14.9. The monoisotopic (exact) mass is 293 g/mol. The van der Waals surface area contributed by atoms with Gasteiger partial charge in [0.2, 0.25) is 5.91 Å². The summed E-state index contributed by atoms with van der Waals surface area (Å²) in [6, 6.07) is 0.780. The van der Waals surface area contributed by atoms with Crippen LogP contribution >= 0.6 is 0 Å². The summed E-state index contributed by atoms with van der Waals surface area (Å²) in [7, 11) is 0. The molecule has 0 aromatic heterocycles. The van der Waals surface area contributed by atoms with Crippen molar-refractivity contribution in [3.8, 4) is 0 Å². The molecule has 1 heterocycles. The van der Waals surface area contributed by atoms with Gasteiger partial charge in [-0.05, 0) is 51.4 Å². The molecule has 1 aliphatic heterocycles. The lowest BCUT2D eigenvalue weighted by molar-refractivity contribution is -0.146. The molecule has 1 amide bonds. The highest BCUT2D eigenvalue weighted by Crippen LogP contribution is 2.41. The molecule has 3 rings (SSSR count). The number of likely N-dealkylation sites (tertiary alicyclic amines) is 1. The molecule has 5 unspecified atom stereocenters. The van der Waals surface area contributed by atoms with Crippen LogP contribution in [0.1, 0.15) is 64.7 Å². The fourth-order valence-corrected chi connectivity index (χ4v) is 4.94. The van der Waals surface area contributed by atoms with Crippen LogP contribution in [0, 0.1) is 17.8 Å². The van der Waals surface area contributed by atoms with Gasteiger partial charge in [0.1, 0.15) is 0 Å². The average molecular weight is 293 g/mol. The van der Waals surface area contributed by atoms with Crippen LogP contribution in [-0.4, -0.2) is 34.0 Å².